The molecule has 0 saturated carbocycles. The summed E-state index contributed by atoms with van der Waals surface area (Å²) in [6.45, 7) is 4.37. The quantitative estimate of drug-likeness (QED) is 0.0272. The molecule has 13 atom stereocenters. The van der Waals surface area contributed by atoms with E-state index in [1.54, 1.807) is 129 Å². The van der Waals surface area contributed by atoms with Crippen LogP contribution in [0.15, 0.2) is 152 Å². The molecular weight excluding hydrogens is 1800 g/mol. The molecule has 3 fully saturated rings. The third-order valence-electron chi connectivity index (χ3n) is 25.0. The van der Waals surface area contributed by atoms with Gasteiger partial charge in [-0.3, -0.25) is 76.7 Å². The fourth-order valence-electron chi connectivity index (χ4n) is 17.3. The van der Waals surface area contributed by atoms with Gasteiger partial charge in [0.05, 0.1) is 18.7 Å². The zero-order chi connectivity index (χ0) is 100. The lowest BCUT2D eigenvalue weighted by Crippen LogP contribution is -2.62. The Hall–Kier alpha value is -13.8. The molecule has 13 unspecified atom stereocenters. The monoisotopic (exact) mass is 1930 g/mol. The van der Waals surface area contributed by atoms with E-state index in [1.165, 1.54) is 55.2 Å². The first-order valence-electron chi connectivity index (χ1n) is 46.2. The van der Waals surface area contributed by atoms with Crippen LogP contribution in [0.3, 0.4) is 0 Å². The Labute approximate surface area is 802 Å². The van der Waals surface area contributed by atoms with Gasteiger partial charge in [0.2, 0.25) is 94.5 Å². The molecule has 740 valence electrons. The molecule has 0 aliphatic carbocycles. The van der Waals surface area contributed by atoms with Crippen molar-refractivity contribution >= 4 is 117 Å². The molecule has 7 aromatic rings. The zero-order valence-electron chi connectivity index (χ0n) is 78.1. The van der Waals surface area contributed by atoms with E-state index in [0.29, 0.717) is 75.5 Å². The van der Waals surface area contributed by atoms with Crippen LogP contribution >= 0.6 is 11.8 Å². The number of rotatable bonds is 26. The lowest BCUT2D eigenvalue weighted by molar-refractivity contribution is -0.152. The number of phenolic OH excluding ortho intramolecular Hbond substituents is 1. The van der Waals surface area contributed by atoms with Gasteiger partial charge in [-0.2, -0.15) is 0 Å². The number of unbranched alkanes of at least 4 members (excludes halogenated alkanes) is 2. The van der Waals surface area contributed by atoms with E-state index in [2.05, 4.69) is 52.8 Å². The number of thioether (sulfide) groups is 1. The van der Waals surface area contributed by atoms with Gasteiger partial charge in [-0.05, 0) is 133 Å². The number of carbonyl (C=O) groups excluding carboxylic acids is 16. The number of nitrogens with two attached hydrogens (primary N) is 4. The smallest absolute Gasteiger partial charge is 0.246 e. The number of carbonyl (C=O) groups is 16. The van der Waals surface area contributed by atoms with Gasteiger partial charge in [-0.1, -0.05) is 149 Å². The van der Waals surface area contributed by atoms with Crippen molar-refractivity contribution in [3.05, 3.63) is 208 Å². The number of hydrogen-bond acceptors (Lipinski definition) is 20. The molecule has 0 radical (unpaired) electrons. The number of phenols is 1. The highest BCUT2D eigenvalue weighted by molar-refractivity contribution is 8.00. The number of hydrogen-bond donors (Lipinski definition) is 15. The molecule has 3 saturated heterocycles. The first kappa shape index (κ1) is 106. The summed E-state index contributed by atoms with van der Waals surface area (Å²) in [4.78, 5) is 249. The molecule has 16 amide bonds. The van der Waals surface area contributed by atoms with Crippen LogP contribution < -0.4 is 70.8 Å². The molecule has 4 heterocycles. The number of nitrogens with one attached hydrogen (secondary N) is 10. The Bertz CT molecular complexity index is 5470. The van der Waals surface area contributed by atoms with Gasteiger partial charge in [0, 0.05) is 102 Å². The van der Waals surface area contributed by atoms with E-state index < -0.39 is 227 Å². The maximum atomic E-state index is 15.9. The van der Waals surface area contributed by atoms with Crippen LogP contribution in [0.4, 0.5) is 13.2 Å². The van der Waals surface area contributed by atoms with Gasteiger partial charge in [0.15, 0.2) is 17.5 Å². The predicted octanol–water partition coefficient (Wildman–Crippen LogP) is 2.05. The highest BCUT2D eigenvalue weighted by Gasteiger charge is 2.47. The maximum absolute atomic E-state index is 15.9. The number of halogens is 3. The second-order valence-corrected chi connectivity index (χ2v) is 36.4. The average molecular weight is 1930 g/mol. The maximum Gasteiger partial charge on any atom is 0.246 e. The number of likely N-dealkylation sites (N-methyl/N-ethyl adjacent to an activating group) is 3. The van der Waals surface area contributed by atoms with E-state index in [1.807, 2.05) is 6.92 Å². The van der Waals surface area contributed by atoms with E-state index in [-0.39, 0.29) is 121 Å². The molecule has 0 spiro atoms. The van der Waals surface area contributed by atoms with E-state index in [9.17, 15) is 28.7 Å². The molecule has 1 aromatic heterocycles. The van der Waals surface area contributed by atoms with Gasteiger partial charge in [0.1, 0.15) is 84.3 Å². The van der Waals surface area contributed by atoms with Crippen LogP contribution in [0.2, 0.25) is 0 Å². The van der Waals surface area contributed by atoms with Gasteiger partial charge in [-0.15, -0.1) is 11.8 Å². The number of aromatic hydroxyl groups is 1. The van der Waals surface area contributed by atoms with Crippen molar-refractivity contribution in [3.63, 3.8) is 0 Å². The van der Waals surface area contributed by atoms with Crippen LogP contribution in [0, 0.1) is 23.4 Å². The molecule has 3 aliphatic heterocycles. The van der Waals surface area contributed by atoms with Crippen LogP contribution in [-0.4, -0.2) is 266 Å². The Balaban J connectivity index is 1.06. The molecule has 36 nitrogen and oxygen atoms in total. The average Bonchev–Trinajstić information content (AvgIpc) is 1.51. The fourth-order valence-corrected chi connectivity index (χ4v) is 18.1. The van der Waals surface area contributed by atoms with Crippen molar-refractivity contribution in [1.29, 1.82) is 0 Å². The van der Waals surface area contributed by atoms with Crippen molar-refractivity contribution in [2.24, 2.45) is 28.9 Å². The summed E-state index contributed by atoms with van der Waals surface area (Å²) < 4.78 is 45.2. The van der Waals surface area contributed by atoms with Crippen molar-refractivity contribution in [1.82, 2.24) is 77.3 Å². The number of fused-ring (bicyclic) bond motifs is 3. The van der Waals surface area contributed by atoms with E-state index >= 15 is 66.3 Å². The lowest BCUT2D eigenvalue weighted by atomic mass is 9.98. The third-order valence-corrected chi connectivity index (χ3v) is 26.0. The van der Waals surface area contributed by atoms with Crippen LogP contribution in [0.5, 0.6) is 5.75 Å². The third kappa shape index (κ3) is 29.2. The topological polar surface area (TPSA) is 538 Å². The number of H-pyrrole nitrogens is 1. The Morgan fingerprint density at radius 2 is 0.971 bits per heavy atom. The Morgan fingerprint density at radius 1 is 0.478 bits per heavy atom. The minimum Gasteiger partial charge on any atom is -0.508 e. The van der Waals surface area contributed by atoms with Crippen molar-refractivity contribution in [2.75, 3.05) is 58.8 Å². The van der Waals surface area contributed by atoms with Gasteiger partial charge < -0.3 is 105 Å². The molecule has 10 rings (SSSR count). The predicted molar refractivity (Wildman–Crippen MR) is 507 cm³/mol. The summed E-state index contributed by atoms with van der Waals surface area (Å²) in [6.07, 6.45) is 0.215. The molecule has 19 N–H and O–H groups in total. The van der Waals surface area contributed by atoms with Crippen LogP contribution in [-0.2, 0) is 122 Å². The molecular formula is C98H124F3N19O17S. The van der Waals surface area contributed by atoms with Gasteiger partial charge in [0.25, 0.3) is 0 Å². The summed E-state index contributed by atoms with van der Waals surface area (Å²) in [7, 11) is 3.84. The van der Waals surface area contributed by atoms with Crippen molar-refractivity contribution in [3.8, 4) is 5.75 Å². The number of nitrogens with zero attached hydrogens (tertiary/aromatic N) is 5. The lowest BCUT2D eigenvalue weighted by Gasteiger charge is -2.38. The summed E-state index contributed by atoms with van der Waals surface area (Å²) in [5.74, 6) is -22.5. The number of benzene rings is 6. The summed E-state index contributed by atoms with van der Waals surface area (Å²) in [5, 5.41) is 35.2. The standard InChI is InChI=1S/C98H124F3N19O17S/c1-7-8-28-78-97(136)120-41-20-30-77(120)92(131)112-72(50-81(104)122)90(129)115-85(56(2)3)98(137)117(5)79(47-57-21-11-9-12-22-57)93(132)113-74(45-59-31-33-61(51-103)34-32-59)95(134)119-40-19-29-76(119)91(130)111-71(49-63-52-106-68-26-16-15-25-65(63)68)89(128)110-70(44-60-35-37-64(121)38-36-60)88(127)109-69(27-17-18-39-102)87(126)114-75(86(125)107-53-82(105)123)54-138-55-83(124)108-73(46-62-42-66(99)84(101)67(100)43-62)94(133)118(6)80(96(135)116(78)4)48-58-23-13-10-14-24-58/h9-16,21-26,31-38,42-43,52,56,69-80,85,106,121H,7-8,17-20,27-30,39-41,44-51,53-55,102-103H2,1-6H3,(H2,104,122)(H2,105,123)(H,107,125)(H,108,124)(H,109,127)(H,110,128)(H,111,130)(H,112,131)(H,113,132)(H,114,126)(H,115,129). The van der Waals surface area contributed by atoms with Gasteiger partial charge >= 0.3 is 0 Å². The fraction of sp³-hybridized carbons (Fsp3) is 0.449. The number of amides is 16. The van der Waals surface area contributed by atoms with Crippen molar-refractivity contribution in [2.45, 2.75) is 215 Å². The number of aromatic nitrogens is 1. The minimum absolute atomic E-state index is 0.00833. The number of aromatic amines is 1. The van der Waals surface area contributed by atoms with Crippen LogP contribution in [0.1, 0.15) is 130 Å². The normalized spacial score (nSPS) is 23.1. The SMILES string of the molecule is CCCCC1C(=O)N2CCCC2C(=O)NC(CC(N)=O)C(=O)NC(C(C)C)C(=O)N(C)C(Cc2ccccc2)C(=O)NC(Cc2ccc(CN)cc2)C(=O)N2CCCC2C(=O)NC(Cc2c[nH]c3ccccc23)C(=O)NC(Cc2ccc(O)cc2)C(=O)NC(CCCCN)C(=O)NC(C(=O)NCC(N)=O)CSCC(=O)NC(Cc2cc(F)c(F)c(F)c2)C(=O)N(C)C(Cc2ccccc2)C(=O)N1C. The highest BCUT2D eigenvalue weighted by Crippen LogP contribution is 2.29. The highest BCUT2D eigenvalue weighted by atomic mass is 32.2. The largest absolute Gasteiger partial charge is 0.508 e. The summed E-state index contributed by atoms with van der Waals surface area (Å²) in [6, 6.07) is 17.2. The van der Waals surface area contributed by atoms with Crippen molar-refractivity contribution < 1.29 is 95.0 Å². The molecule has 0 bridgehead atoms. The van der Waals surface area contributed by atoms with Gasteiger partial charge in [-0.25, -0.2) is 13.2 Å². The van der Waals surface area contributed by atoms with Crippen LogP contribution in [0.25, 0.3) is 10.9 Å². The number of primary amides is 2. The molecule has 138 heavy (non-hydrogen) atoms. The Morgan fingerprint density at radius 3 is 1.56 bits per heavy atom. The first-order chi connectivity index (χ1) is 65.9. The number of para-hydroxylation sites is 1. The Kier molecular flexibility index (Phi) is 39.2. The molecule has 6 aromatic carbocycles. The van der Waals surface area contributed by atoms with E-state index in [0.717, 1.165) is 20.3 Å². The second kappa shape index (κ2) is 50.9. The summed E-state index contributed by atoms with van der Waals surface area (Å²) >= 11 is 0.678. The first-order valence-corrected chi connectivity index (χ1v) is 47.4. The molecule has 3 aliphatic rings. The zero-order valence-corrected chi connectivity index (χ0v) is 78.9. The summed E-state index contributed by atoms with van der Waals surface area (Å²) in [5.41, 5.74) is 26.7. The second-order valence-electron chi connectivity index (χ2n) is 35.4. The minimum atomic E-state index is -1.87. The van der Waals surface area contributed by atoms with E-state index in [4.69, 9.17) is 22.9 Å². The molecule has 40 heteroatoms.